The van der Waals surface area contributed by atoms with Gasteiger partial charge in [-0.25, -0.2) is 4.98 Å². The molecular formula is C11H12N2O. The van der Waals surface area contributed by atoms with Gasteiger partial charge in [0.2, 0.25) is 0 Å². The summed E-state index contributed by atoms with van der Waals surface area (Å²) in [5.74, 6) is 0.578. The molecule has 1 saturated heterocycles. The fourth-order valence-corrected chi connectivity index (χ4v) is 2.00. The quantitative estimate of drug-likeness (QED) is 0.742. The number of pyridine rings is 1. The van der Waals surface area contributed by atoms with Gasteiger partial charge in [0.05, 0.1) is 6.26 Å². The highest BCUT2D eigenvalue weighted by molar-refractivity contribution is 5.72. The summed E-state index contributed by atoms with van der Waals surface area (Å²) in [6.45, 7) is 2.16. The van der Waals surface area contributed by atoms with Crippen molar-refractivity contribution < 1.29 is 4.42 Å². The lowest BCUT2D eigenvalue weighted by atomic mass is 10.0. The van der Waals surface area contributed by atoms with Crippen LogP contribution in [0, 0.1) is 0 Å². The summed E-state index contributed by atoms with van der Waals surface area (Å²) in [4.78, 5) is 4.58. The highest BCUT2D eigenvalue weighted by Gasteiger charge is 2.18. The maximum absolute atomic E-state index is 5.26. The van der Waals surface area contributed by atoms with Crippen LogP contribution in [0.1, 0.15) is 18.0 Å². The minimum Gasteiger partial charge on any atom is -0.463 e. The van der Waals surface area contributed by atoms with Crippen molar-refractivity contribution in [3.8, 4) is 0 Å². The van der Waals surface area contributed by atoms with E-state index in [1.807, 2.05) is 12.1 Å². The third-order valence-corrected chi connectivity index (χ3v) is 2.81. The molecule has 2 aromatic heterocycles. The molecule has 1 aliphatic heterocycles. The van der Waals surface area contributed by atoms with E-state index in [2.05, 4.69) is 16.4 Å². The molecule has 0 amide bonds. The summed E-state index contributed by atoms with van der Waals surface area (Å²) >= 11 is 0. The van der Waals surface area contributed by atoms with Crippen LogP contribution in [-0.4, -0.2) is 18.1 Å². The molecular weight excluding hydrogens is 176 g/mol. The maximum Gasteiger partial charge on any atom is 0.152 e. The second kappa shape index (κ2) is 3.10. The molecule has 3 heterocycles. The largest absolute Gasteiger partial charge is 0.463 e. The van der Waals surface area contributed by atoms with E-state index in [1.54, 1.807) is 6.26 Å². The Hall–Kier alpha value is -1.35. The molecule has 0 spiro atoms. The molecule has 1 fully saturated rings. The summed E-state index contributed by atoms with van der Waals surface area (Å²) in [5, 5.41) is 3.35. The molecule has 1 aliphatic rings. The van der Waals surface area contributed by atoms with Crippen LogP contribution in [-0.2, 0) is 0 Å². The number of nitrogens with zero attached hydrogens (tertiary/aromatic N) is 1. The van der Waals surface area contributed by atoms with Crippen molar-refractivity contribution >= 4 is 11.1 Å². The van der Waals surface area contributed by atoms with Gasteiger partial charge in [0.25, 0.3) is 0 Å². The van der Waals surface area contributed by atoms with Gasteiger partial charge in [-0.1, -0.05) is 0 Å². The third-order valence-electron chi connectivity index (χ3n) is 2.81. The maximum atomic E-state index is 5.26. The van der Waals surface area contributed by atoms with Crippen LogP contribution in [0.2, 0.25) is 0 Å². The first-order chi connectivity index (χ1) is 6.93. The van der Waals surface area contributed by atoms with Crippen LogP contribution in [0.5, 0.6) is 0 Å². The first-order valence-corrected chi connectivity index (χ1v) is 4.98. The molecule has 0 saturated carbocycles. The average Bonchev–Trinajstić information content (AvgIpc) is 2.88. The van der Waals surface area contributed by atoms with E-state index in [0.29, 0.717) is 5.92 Å². The predicted molar refractivity (Wildman–Crippen MR) is 54.2 cm³/mol. The Morgan fingerprint density at radius 1 is 1.36 bits per heavy atom. The molecule has 0 aliphatic carbocycles. The number of nitrogens with one attached hydrogen (secondary N) is 1. The standard InChI is InChI=1S/C11H12N2O/c1-2-11-10(4-6-14-11)13-9(1)8-3-5-12-7-8/h1-2,4,6,8,12H,3,5,7H2. The third kappa shape index (κ3) is 1.21. The van der Waals surface area contributed by atoms with E-state index in [-0.39, 0.29) is 0 Å². The highest BCUT2D eigenvalue weighted by Crippen LogP contribution is 2.23. The fraction of sp³-hybridized carbons (Fsp3) is 0.364. The normalized spacial score (nSPS) is 21.9. The van der Waals surface area contributed by atoms with Crippen LogP contribution >= 0.6 is 0 Å². The smallest absolute Gasteiger partial charge is 0.152 e. The van der Waals surface area contributed by atoms with Gasteiger partial charge < -0.3 is 9.73 Å². The number of furan rings is 1. The summed E-state index contributed by atoms with van der Waals surface area (Å²) in [5.41, 5.74) is 3.03. The van der Waals surface area contributed by atoms with E-state index < -0.39 is 0 Å². The molecule has 0 bridgehead atoms. The van der Waals surface area contributed by atoms with Gasteiger partial charge in [0.1, 0.15) is 5.52 Å². The monoisotopic (exact) mass is 188 g/mol. The molecule has 3 heteroatoms. The molecule has 0 radical (unpaired) electrons. The predicted octanol–water partition coefficient (Wildman–Crippen LogP) is 1.90. The summed E-state index contributed by atoms with van der Waals surface area (Å²) in [6, 6.07) is 6.00. The lowest BCUT2D eigenvalue weighted by Gasteiger charge is -2.06. The lowest BCUT2D eigenvalue weighted by Crippen LogP contribution is -2.08. The zero-order valence-corrected chi connectivity index (χ0v) is 7.86. The van der Waals surface area contributed by atoms with Crippen LogP contribution in [0.15, 0.2) is 28.9 Å². The topological polar surface area (TPSA) is 38.1 Å². The minimum atomic E-state index is 0.578. The van der Waals surface area contributed by atoms with Gasteiger partial charge in [-0.15, -0.1) is 0 Å². The van der Waals surface area contributed by atoms with E-state index in [0.717, 1.165) is 24.2 Å². The minimum absolute atomic E-state index is 0.578. The van der Waals surface area contributed by atoms with Crippen LogP contribution < -0.4 is 5.32 Å². The van der Waals surface area contributed by atoms with Gasteiger partial charge >= 0.3 is 0 Å². The number of hydrogen-bond acceptors (Lipinski definition) is 3. The molecule has 2 aromatic rings. The molecule has 72 valence electrons. The highest BCUT2D eigenvalue weighted by atomic mass is 16.3. The number of aromatic nitrogens is 1. The zero-order valence-electron chi connectivity index (χ0n) is 7.86. The molecule has 1 unspecified atom stereocenters. The fourth-order valence-electron chi connectivity index (χ4n) is 2.00. The Bertz CT molecular complexity index is 443. The Labute approximate surface area is 82.1 Å². The van der Waals surface area contributed by atoms with Crippen molar-refractivity contribution in [3.05, 3.63) is 30.2 Å². The summed E-state index contributed by atoms with van der Waals surface area (Å²) in [6.07, 6.45) is 2.88. The van der Waals surface area contributed by atoms with Gasteiger partial charge in [-0.2, -0.15) is 0 Å². The van der Waals surface area contributed by atoms with E-state index in [4.69, 9.17) is 4.42 Å². The van der Waals surface area contributed by atoms with E-state index >= 15 is 0 Å². The van der Waals surface area contributed by atoms with E-state index in [9.17, 15) is 0 Å². The Kier molecular flexibility index (Phi) is 1.77. The Morgan fingerprint density at radius 2 is 2.36 bits per heavy atom. The SMILES string of the molecule is c1cc2nc(C3CCNC3)ccc2o1. The zero-order chi connectivity index (χ0) is 9.38. The van der Waals surface area contributed by atoms with Crippen molar-refractivity contribution in [2.75, 3.05) is 13.1 Å². The van der Waals surface area contributed by atoms with Gasteiger partial charge in [0.15, 0.2) is 5.58 Å². The van der Waals surface area contributed by atoms with Crippen LogP contribution in [0.3, 0.4) is 0 Å². The number of rotatable bonds is 1. The van der Waals surface area contributed by atoms with Crippen molar-refractivity contribution in [1.29, 1.82) is 0 Å². The van der Waals surface area contributed by atoms with Crippen molar-refractivity contribution in [3.63, 3.8) is 0 Å². The second-order valence-corrected chi connectivity index (χ2v) is 3.73. The molecule has 3 rings (SSSR count). The molecule has 3 nitrogen and oxygen atoms in total. The molecule has 14 heavy (non-hydrogen) atoms. The molecule has 0 aromatic carbocycles. The van der Waals surface area contributed by atoms with Crippen molar-refractivity contribution in [2.24, 2.45) is 0 Å². The van der Waals surface area contributed by atoms with E-state index in [1.165, 1.54) is 12.1 Å². The Balaban J connectivity index is 2.04. The summed E-state index contributed by atoms with van der Waals surface area (Å²) < 4.78 is 5.26. The first kappa shape index (κ1) is 8.00. The van der Waals surface area contributed by atoms with Crippen molar-refractivity contribution in [1.82, 2.24) is 10.3 Å². The Morgan fingerprint density at radius 3 is 3.21 bits per heavy atom. The summed E-state index contributed by atoms with van der Waals surface area (Å²) in [7, 11) is 0. The van der Waals surface area contributed by atoms with Crippen LogP contribution in [0.25, 0.3) is 11.1 Å². The second-order valence-electron chi connectivity index (χ2n) is 3.73. The van der Waals surface area contributed by atoms with Crippen LogP contribution in [0.4, 0.5) is 0 Å². The first-order valence-electron chi connectivity index (χ1n) is 4.98. The van der Waals surface area contributed by atoms with Gasteiger partial charge in [-0.05, 0) is 25.1 Å². The lowest BCUT2D eigenvalue weighted by molar-refractivity contribution is 0.614. The molecule has 1 atom stereocenters. The van der Waals surface area contributed by atoms with Gasteiger partial charge in [0, 0.05) is 24.2 Å². The van der Waals surface area contributed by atoms with Crippen molar-refractivity contribution in [2.45, 2.75) is 12.3 Å². The van der Waals surface area contributed by atoms with Gasteiger partial charge in [-0.3, -0.25) is 0 Å². The molecule has 1 N–H and O–H groups in total. The number of fused-ring (bicyclic) bond motifs is 1. The average molecular weight is 188 g/mol. The number of hydrogen-bond donors (Lipinski definition) is 1.